The lowest BCUT2D eigenvalue weighted by atomic mass is 10.2. The number of pyridine rings is 1. The molecule has 0 unspecified atom stereocenters. The molecule has 0 aliphatic rings. The van der Waals surface area contributed by atoms with Crippen molar-refractivity contribution in [2.75, 3.05) is 5.32 Å². The largest absolute Gasteiger partial charge is 0.379 e. The number of aromatic nitrogens is 5. The molecule has 0 aliphatic carbocycles. The summed E-state index contributed by atoms with van der Waals surface area (Å²) < 4.78 is 1.90. The Bertz CT molecular complexity index is 744. The Balaban J connectivity index is 1.75. The summed E-state index contributed by atoms with van der Waals surface area (Å²) in [6, 6.07) is 9.80. The zero-order valence-electron chi connectivity index (χ0n) is 10.7. The van der Waals surface area contributed by atoms with Crippen LogP contribution < -0.4 is 5.32 Å². The maximum Gasteiger partial charge on any atom is 0.204 e. The highest BCUT2D eigenvalue weighted by atomic mass is 79.9. The van der Waals surface area contributed by atoms with Crippen LogP contribution >= 0.6 is 31.9 Å². The summed E-state index contributed by atoms with van der Waals surface area (Å²) in [5.41, 5.74) is 2.80. The SMILES string of the molecule is Brc1cnc(CNc2cccc(-c3nn[nH]n3)c2)c(Br)c1. The van der Waals surface area contributed by atoms with Crippen LogP contribution in [0.2, 0.25) is 0 Å². The van der Waals surface area contributed by atoms with Crippen LogP contribution in [0.1, 0.15) is 5.69 Å². The second-order valence-corrected chi connectivity index (χ2v) is 6.02. The molecule has 0 atom stereocenters. The van der Waals surface area contributed by atoms with E-state index in [1.807, 2.05) is 30.3 Å². The van der Waals surface area contributed by atoms with E-state index in [9.17, 15) is 0 Å². The third-order valence-corrected chi connectivity index (χ3v) is 3.93. The van der Waals surface area contributed by atoms with Crippen LogP contribution in [0.15, 0.2) is 45.5 Å². The highest BCUT2D eigenvalue weighted by Gasteiger charge is 2.05. The van der Waals surface area contributed by atoms with Gasteiger partial charge in [-0.25, -0.2) is 0 Å². The van der Waals surface area contributed by atoms with E-state index in [1.165, 1.54) is 0 Å². The number of hydrogen-bond donors (Lipinski definition) is 2. The van der Waals surface area contributed by atoms with Crippen molar-refractivity contribution in [1.29, 1.82) is 0 Å². The average Bonchev–Trinajstić information content (AvgIpc) is 3.01. The van der Waals surface area contributed by atoms with Gasteiger partial charge in [0.2, 0.25) is 5.82 Å². The number of hydrogen-bond acceptors (Lipinski definition) is 5. The summed E-state index contributed by atoms with van der Waals surface area (Å²) in [4.78, 5) is 4.37. The van der Waals surface area contributed by atoms with Crippen molar-refractivity contribution in [2.45, 2.75) is 6.54 Å². The van der Waals surface area contributed by atoms with Gasteiger partial charge in [-0.1, -0.05) is 12.1 Å². The molecule has 0 saturated heterocycles. The molecule has 21 heavy (non-hydrogen) atoms. The molecule has 3 aromatic rings. The predicted molar refractivity (Wildman–Crippen MR) is 86.6 cm³/mol. The zero-order chi connectivity index (χ0) is 14.7. The molecule has 2 aromatic heterocycles. The van der Waals surface area contributed by atoms with Gasteiger partial charge < -0.3 is 5.32 Å². The summed E-state index contributed by atoms with van der Waals surface area (Å²) in [7, 11) is 0. The van der Waals surface area contributed by atoms with Crippen LogP contribution in [0.3, 0.4) is 0 Å². The molecule has 0 bridgehead atoms. The minimum atomic E-state index is 0.571. The standard InChI is InChI=1S/C13H10Br2N6/c14-9-5-11(15)12(17-6-9)7-16-10-3-1-2-8(4-10)13-18-20-21-19-13/h1-6,16H,7H2,(H,18,19,20,21). The highest BCUT2D eigenvalue weighted by molar-refractivity contribution is 9.11. The molecular weight excluding hydrogens is 400 g/mol. The quantitative estimate of drug-likeness (QED) is 0.690. The summed E-state index contributed by atoms with van der Waals surface area (Å²) in [6.07, 6.45) is 1.78. The van der Waals surface area contributed by atoms with Crippen LogP contribution in [-0.2, 0) is 6.54 Å². The lowest BCUT2D eigenvalue weighted by molar-refractivity contribution is 0.881. The second kappa shape index (κ2) is 6.31. The van der Waals surface area contributed by atoms with Crippen molar-refractivity contribution in [3.63, 3.8) is 0 Å². The fourth-order valence-electron chi connectivity index (χ4n) is 1.81. The van der Waals surface area contributed by atoms with Crippen molar-refractivity contribution < 1.29 is 0 Å². The average molecular weight is 410 g/mol. The van der Waals surface area contributed by atoms with Gasteiger partial charge in [0, 0.05) is 26.4 Å². The van der Waals surface area contributed by atoms with Crippen LogP contribution in [0.4, 0.5) is 5.69 Å². The number of tetrazole rings is 1. The van der Waals surface area contributed by atoms with Gasteiger partial charge in [-0.2, -0.15) is 5.21 Å². The summed E-state index contributed by atoms with van der Waals surface area (Å²) in [5, 5.41) is 17.3. The Morgan fingerprint density at radius 3 is 2.86 bits per heavy atom. The first-order valence-electron chi connectivity index (χ1n) is 6.10. The van der Waals surface area contributed by atoms with E-state index in [2.05, 4.69) is 62.8 Å². The van der Waals surface area contributed by atoms with Gasteiger partial charge in [-0.05, 0) is 55.3 Å². The smallest absolute Gasteiger partial charge is 0.204 e. The van der Waals surface area contributed by atoms with Crippen LogP contribution in [0, 0.1) is 0 Å². The molecule has 0 fully saturated rings. The third-order valence-electron chi connectivity index (χ3n) is 2.81. The third kappa shape index (κ3) is 3.45. The van der Waals surface area contributed by atoms with Gasteiger partial charge in [0.05, 0.1) is 12.2 Å². The van der Waals surface area contributed by atoms with E-state index < -0.39 is 0 Å². The van der Waals surface area contributed by atoms with E-state index >= 15 is 0 Å². The molecule has 0 amide bonds. The fraction of sp³-hybridized carbons (Fsp3) is 0.0769. The zero-order valence-corrected chi connectivity index (χ0v) is 13.9. The number of rotatable bonds is 4. The van der Waals surface area contributed by atoms with Crippen molar-refractivity contribution in [2.24, 2.45) is 0 Å². The van der Waals surface area contributed by atoms with Gasteiger partial charge >= 0.3 is 0 Å². The molecule has 0 spiro atoms. The van der Waals surface area contributed by atoms with Crippen molar-refractivity contribution in [1.82, 2.24) is 25.6 Å². The summed E-state index contributed by atoms with van der Waals surface area (Å²) in [6.45, 7) is 0.615. The molecule has 6 nitrogen and oxygen atoms in total. The number of H-pyrrole nitrogens is 1. The van der Waals surface area contributed by atoms with E-state index in [0.29, 0.717) is 12.4 Å². The molecule has 0 radical (unpaired) electrons. The van der Waals surface area contributed by atoms with Crippen LogP contribution in [0.25, 0.3) is 11.4 Å². The Hall–Kier alpha value is -1.80. The maximum atomic E-state index is 4.37. The van der Waals surface area contributed by atoms with Gasteiger partial charge in [-0.15, -0.1) is 10.2 Å². The van der Waals surface area contributed by atoms with Gasteiger partial charge in [0.15, 0.2) is 0 Å². The number of anilines is 1. The maximum absolute atomic E-state index is 4.37. The van der Waals surface area contributed by atoms with Gasteiger partial charge in [0.25, 0.3) is 0 Å². The normalized spacial score (nSPS) is 10.6. The van der Waals surface area contributed by atoms with E-state index in [1.54, 1.807) is 6.20 Å². The monoisotopic (exact) mass is 408 g/mol. The molecule has 2 N–H and O–H groups in total. The second-order valence-electron chi connectivity index (χ2n) is 4.25. The number of benzene rings is 1. The van der Waals surface area contributed by atoms with Crippen molar-refractivity contribution >= 4 is 37.5 Å². The minimum Gasteiger partial charge on any atom is -0.379 e. The number of halogens is 2. The Morgan fingerprint density at radius 1 is 1.19 bits per heavy atom. The summed E-state index contributed by atoms with van der Waals surface area (Å²) in [5.74, 6) is 0.571. The lowest BCUT2D eigenvalue weighted by Crippen LogP contribution is -2.02. The first kappa shape index (κ1) is 14.2. The van der Waals surface area contributed by atoms with Crippen molar-refractivity contribution in [3.8, 4) is 11.4 Å². The van der Waals surface area contributed by atoms with E-state index in [0.717, 1.165) is 25.9 Å². The Morgan fingerprint density at radius 2 is 2.10 bits per heavy atom. The molecule has 1 aromatic carbocycles. The highest BCUT2D eigenvalue weighted by Crippen LogP contribution is 2.22. The molecule has 3 rings (SSSR count). The fourth-order valence-corrected chi connectivity index (χ4v) is 2.94. The van der Waals surface area contributed by atoms with Gasteiger partial charge in [0.1, 0.15) is 0 Å². The molecule has 0 aliphatic heterocycles. The van der Waals surface area contributed by atoms with Crippen LogP contribution in [0.5, 0.6) is 0 Å². The number of aromatic amines is 1. The molecular formula is C13H10Br2N6. The number of nitrogens with zero attached hydrogens (tertiary/aromatic N) is 4. The first-order chi connectivity index (χ1) is 10.2. The minimum absolute atomic E-state index is 0.571. The lowest BCUT2D eigenvalue weighted by Gasteiger charge is -2.08. The topological polar surface area (TPSA) is 79.4 Å². The van der Waals surface area contributed by atoms with Gasteiger partial charge in [-0.3, -0.25) is 4.98 Å². The Labute approximate surface area is 137 Å². The Kier molecular flexibility index (Phi) is 4.26. The van der Waals surface area contributed by atoms with Crippen molar-refractivity contribution in [3.05, 3.63) is 51.2 Å². The molecule has 106 valence electrons. The predicted octanol–water partition coefficient (Wildman–Crippen LogP) is 3.40. The van der Waals surface area contributed by atoms with E-state index in [-0.39, 0.29) is 0 Å². The molecule has 8 heteroatoms. The van der Waals surface area contributed by atoms with E-state index in [4.69, 9.17) is 0 Å². The number of nitrogens with one attached hydrogen (secondary N) is 2. The molecule has 2 heterocycles. The summed E-state index contributed by atoms with van der Waals surface area (Å²) >= 11 is 6.89. The first-order valence-corrected chi connectivity index (χ1v) is 7.68. The van der Waals surface area contributed by atoms with Crippen LogP contribution in [-0.4, -0.2) is 25.6 Å². The molecule has 0 saturated carbocycles.